The molecule has 0 aromatic carbocycles. The molecule has 0 aliphatic carbocycles. The van der Waals surface area contributed by atoms with E-state index in [1.165, 1.54) is 12.5 Å². The summed E-state index contributed by atoms with van der Waals surface area (Å²) in [4.78, 5) is 7.45. The Kier molecular flexibility index (Phi) is 3.56. The number of hydrogen-bond acceptors (Lipinski definition) is 4. The molecule has 0 aliphatic rings. The number of nitrogens with zero attached hydrogens (tertiary/aromatic N) is 1. The van der Waals surface area contributed by atoms with Crippen molar-refractivity contribution < 1.29 is 8.42 Å². The van der Waals surface area contributed by atoms with Gasteiger partial charge >= 0.3 is 0 Å². The van der Waals surface area contributed by atoms with Crippen molar-refractivity contribution in [1.82, 2.24) is 14.7 Å². The monoisotopic (exact) mass is 285 g/mol. The first kappa shape index (κ1) is 13.3. The summed E-state index contributed by atoms with van der Waals surface area (Å²) in [7, 11) is -3.50. The highest BCUT2D eigenvalue weighted by Crippen LogP contribution is 2.26. The first-order valence-corrected chi connectivity index (χ1v) is 7.80. The molecule has 0 spiro atoms. The lowest BCUT2D eigenvalue weighted by atomic mass is 9.92. The SMILES string of the molecule is CC(C)(CNS(=O)(=O)c1cnc[nH]1)c1cccs1. The number of aromatic nitrogens is 2. The number of rotatable bonds is 5. The van der Waals surface area contributed by atoms with Crippen LogP contribution in [-0.4, -0.2) is 24.9 Å². The fraction of sp³-hybridized carbons (Fsp3) is 0.364. The van der Waals surface area contributed by atoms with Crippen LogP contribution in [0.3, 0.4) is 0 Å². The molecule has 0 atom stereocenters. The Balaban J connectivity index is 2.09. The molecule has 0 amide bonds. The third-order valence-electron chi connectivity index (χ3n) is 2.65. The van der Waals surface area contributed by atoms with E-state index in [9.17, 15) is 8.42 Å². The van der Waals surface area contributed by atoms with Gasteiger partial charge in [-0.2, -0.15) is 0 Å². The van der Waals surface area contributed by atoms with Crippen molar-refractivity contribution in [2.45, 2.75) is 24.3 Å². The van der Waals surface area contributed by atoms with E-state index in [4.69, 9.17) is 0 Å². The highest BCUT2D eigenvalue weighted by molar-refractivity contribution is 7.89. The second-order valence-electron chi connectivity index (χ2n) is 4.60. The van der Waals surface area contributed by atoms with Gasteiger partial charge in [0.2, 0.25) is 0 Å². The number of thiophene rings is 1. The zero-order valence-corrected chi connectivity index (χ0v) is 11.8. The minimum atomic E-state index is -3.50. The molecule has 0 radical (unpaired) electrons. The summed E-state index contributed by atoms with van der Waals surface area (Å²) >= 11 is 1.62. The standard InChI is InChI=1S/C11H15N3O2S2/c1-11(2,9-4-3-5-17-9)7-14-18(15,16)10-6-12-8-13-10/h3-6,8,14H,7H2,1-2H3,(H,12,13). The van der Waals surface area contributed by atoms with Gasteiger partial charge in [-0.25, -0.2) is 18.1 Å². The number of nitrogens with one attached hydrogen (secondary N) is 2. The van der Waals surface area contributed by atoms with Gasteiger partial charge in [0.15, 0.2) is 5.03 Å². The molecule has 0 aliphatic heterocycles. The Bertz CT molecular complexity index is 586. The van der Waals surface area contributed by atoms with Crippen LogP contribution in [-0.2, 0) is 15.4 Å². The maximum absolute atomic E-state index is 11.9. The van der Waals surface area contributed by atoms with Crippen molar-refractivity contribution in [3.63, 3.8) is 0 Å². The van der Waals surface area contributed by atoms with E-state index in [1.807, 2.05) is 31.4 Å². The Morgan fingerprint density at radius 1 is 1.50 bits per heavy atom. The van der Waals surface area contributed by atoms with Crippen molar-refractivity contribution in [2.24, 2.45) is 0 Å². The summed E-state index contributed by atoms with van der Waals surface area (Å²) in [6.45, 7) is 4.36. The zero-order valence-electron chi connectivity index (χ0n) is 10.2. The average Bonchev–Trinajstić information content (AvgIpc) is 2.99. The molecular formula is C11H15N3O2S2. The van der Waals surface area contributed by atoms with E-state index >= 15 is 0 Å². The number of aromatic amines is 1. The van der Waals surface area contributed by atoms with Gasteiger partial charge in [0.25, 0.3) is 10.0 Å². The van der Waals surface area contributed by atoms with E-state index in [0.717, 1.165) is 4.88 Å². The first-order chi connectivity index (χ1) is 8.42. The number of imidazole rings is 1. The molecule has 0 saturated carbocycles. The molecule has 2 aromatic rings. The van der Waals surface area contributed by atoms with E-state index < -0.39 is 10.0 Å². The highest BCUT2D eigenvalue weighted by Gasteiger charge is 2.25. The molecule has 2 heterocycles. The number of sulfonamides is 1. The third-order valence-corrected chi connectivity index (χ3v) is 5.22. The maximum atomic E-state index is 11.9. The van der Waals surface area contributed by atoms with Crippen LogP contribution in [0.1, 0.15) is 18.7 Å². The fourth-order valence-electron chi connectivity index (χ4n) is 1.49. The molecule has 0 bridgehead atoms. The van der Waals surface area contributed by atoms with E-state index in [1.54, 1.807) is 11.3 Å². The van der Waals surface area contributed by atoms with Crippen LogP contribution >= 0.6 is 11.3 Å². The Hall–Kier alpha value is -1.18. The van der Waals surface area contributed by atoms with Crippen molar-refractivity contribution >= 4 is 21.4 Å². The molecule has 0 saturated heterocycles. The fourth-order valence-corrected chi connectivity index (χ4v) is 3.46. The van der Waals surface area contributed by atoms with Crippen LogP contribution in [0.2, 0.25) is 0 Å². The number of H-pyrrole nitrogens is 1. The quantitative estimate of drug-likeness (QED) is 0.878. The smallest absolute Gasteiger partial charge is 0.257 e. The van der Waals surface area contributed by atoms with Crippen molar-refractivity contribution in [1.29, 1.82) is 0 Å². The Morgan fingerprint density at radius 2 is 2.28 bits per heavy atom. The van der Waals surface area contributed by atoms with Crippen molar-refractivity contribution in [3.8, 4) is 0 Å². The predicted molar refractivity (Wildman–Crippen MR) is 71.1 cm³/mol. The molecule has 0 fully saturated rings. The van der Waals surface area contributed by atoms with Gasteiger partial charge < -0.3 is 4.98 Å². The molecule has 0 unspecified atom stereocenters. The van der Waals surface area contributed by atoms with Gasteiger partial charge in [0.05, 0.1) is 12.5 Å². The Labute approximate surface area is 110 Å². The third kappa shape index (κ3) is 2.80. The summed E-state index contributed by atoms with van der Waals surface area (Å²) in [5.74, 6) is 0. The second-order valence-corrected chi connectivity index (χ2v) is 7.28. The highest BCUT2D eigenvalue weighted by atomic mass is 32.2. The van der Waals surface area contributed by atoms with E-state index in [-0.39, 0.29) is 10.4 Å². The maximum Gasteiger partial charge on any atom is 0.257 e. The first-order valence-electron chi connectivity index (χ1n) is 5.44. The molecule has 2 aromatic heterocycles. The Morgan fingerprint density at radius 3 is 2.83 bits per heavy atom. The summed E-state index contributed by atoms with van der Waals surface area (Å²) in [6, 6.07) is 3.97. The molecule has 7 heteroatoms. The molecule has 18 heavy (non-hydrogen) atoms. The van der Waals surface area contributed by atoms with Crippen molar-refractivity contribution in [3.05, 3.63) is 34.9 Å². The van der Waals surface area contributed by atoms with Crippen LogP contribution < -0.4 is 4.72 Å². The lowest BCUT2D eigenvalue weighted by Gasteiger charge is -2.23. The van der Waals surface area contributed by atoms with Crippen LogP contribution in [0.25, 0.3) is 0 Å². The topological polar surface area (TPSA) is 74.8 Å². The second kappa shape index (κ2) is 4.83. The summed E-state index contributed by atoms with van der Waals surface area (Å²) in [5.41, 5.74) is -0.235. The van der Waals surface area contributed by atoms with E-state index in [0.29, 0.717) is 6.54 Å². The van der Waals surface area contributed by atoms with Gasteiger partial charge in [-0.15, -0.1) is 11.3 Å². The van der Waals surface area contributed by atoms with Gasteiger partial charge in [0, 0.05) is 16.8 Å². The molecule has 5 nitrogen and oxygen atoms in total. The predicted octanol–water partition coefficient (Wildman–Crippen LogP) is 1.73. The van der Waals surface area contributed by atoms with Crippen LogP contribution in [0, 0.1) is 0 Å². The number of hydrogen-bond donors (Lipinski definition) is 2. The minimum absolute atomic E-state index is 0.0875. The lowest BCUT2D eigenvalue weighted by Crippen LogP contribution is -2.36. The van der Waals surface area contributed by atoms with Crippen LogP contribution in [0.15, 0.2) is 35.1 Å². The zero-order chi connectivity index (χ0) is 13.2. The molecular weight excluding hydrogens is 270 g/mol. The minimum Gasteiger partial charge on any atom is -0.335 e. The summed E-state index contributed by atoms with van der Waals surface area (Å²) < 4.78 is 26.5. The largest absolute Gasteiger partial charge is 0.335 e. The molecule has 98 valence electrons. The van der Waals surface area contributed by atoms with Gasteiger partial charge in [-0.1, -0.05) is 19.9 Å². The lowest BCUT2D eigenvalue weighted by molar-refractivity contribution is 0.508. The average molecular weight is 285 g/mol. The summed E-state index contributed by atoms with van der Waals surface area (Å²) in [5, 5.41) is 2.07. The van der Waals surface area contributed by atoms with E-state index in [2.05, 4.69) is 14.7 Å². The van der Waals surface area contributed by atoms with Crippen LogP contribution in [0.5, 0.6) is 0 Å². The van der Waals surface area contributed by atoms with Gasteiger partial charge in [0.1, 0.15) is 0 Å². The van der Waals surface area contributed by atoms with Crippen LogP contribution in [0.4, 0.5) is 0 Å². The summed E-state index contributed by atoms with van der Waals surface area (Å²) in [6.07, 6.45) is 2.64. The van der Waals surface area contributed by atoms with Crippen molar-refractivity contribution in [2.75, 3.05) is 6.54 Å². The molecule has 2 N–H and O–H groups in total. The van der Waals surface area contributed by atoms with Gasteiger partial charge in [-0.05, 0) is 11.4 Å². The molecule has 2 rings (SSSR count). The normalized spacial score (nSPS) is 12.8. The van der Waals surface area contributed by atoms with Gasteiger partial charge in [-0.3, -0.25) is 0 Å².